The quantitative estimate of drug-likeness (QED) is 0.163. The van der Waals surface area contributed by atoms with Crippen molar-refractivity contribution < 1.29 is 5.11 Å². The number of aromatic hydroxyl groups is 1. The predicted octanol–water partition coefficient (Wildman–Crippen LogP) is 6.04. The molecule has 0 amide bonds. The van der Waals surface area contributed by atoms with Gasteiger partial charge in [0, 0.05) is 11.4 Å². The van der Waals surface area contributed by atoms with E-state index >= 15 is 0 Å². The summed E-state index contributed by atoms with van der Waals surface area (Å²) in [7, 11) is 0. The van der Waals surface area contributed by atoms with Crippen molar-refractivity contribution in [2.75, 3.05) is 16.1 Å². The van der Waals surface area contributed by atoms with Crippen molar-refractivity contribution in [3.05, 3.63) is 87.3 Å². The maximum Gasteiger partial charge on any atom is 0.250 e. The van der Waals surface area contributed by atoms with Crippen LogP contribution in [-0.4, -0.2) is 26.3 Å². The van der Waals surface area contributed by atoms with Gasteiger partial charge in [-0.3, -0.25) is 0 Å². The summed E-state index contributed by atoms with van der Waals surface area (Å²) in [5.74, 6) is 1.10. The molecule has 0 radical (unpaired) electrons. The largest absolute Gasteiger partial charge is 0.506 e. The number of phenolic OH excluding ortho intramolecular Hbond substituents is 1. The summed E-state index contributed by atoms with van der Waals surface area (Å²) in [4.78, 5) is 13.2. The average molecular weight is 555 g/mol. The van der Waals surface area contributed by atoms with E-state index in [1.165, 1.54) is 0 Å². The van der Waals surface area contributed by atoms with Crippen LogP contribution in [0.4, 0.5) is 29.2 Å². The van der Waals surface area contributed by atoms with Crippen LogP contribution in [0.2, 0.25) is 0 Å². The minimum absolute atomic E-state index is 0.126. The van der Waals surface area contributed by atoms with Crippen molar-refractivity contribution in [3.8, 4) is 5.75 Å². The number of hydrogen-bond donors (Lipinski definition) is 4. The number of rotatable bonds is 7. The highest BCUT2D eigenvalue weighted by Crippen LogP contribution is 2.32. The van der Waals surface area contributed by atoms with E-state index in [4.69, 9.17) is 0 Å². The van der Waals surface area contributed by atoms with Crippen molar-refractivity contribution in [2.45, 2.75) is 0 Å². The van der Waals surface area contributed by atoms with Gasteiger partial charge in [-0.25, -0.2) is 5.43 Å². The summed E-state index contributed by atoms with van der Waals surface area (Å²) in [6.07, 6.45) is 1.59. The van der Waals surface area contributed by atoms with Gasteiger partial charge in [-0.15, -0.1) is 0 Å². The maximum atomic E-state index is 9.84. The van der Waals surface area contributed by atoms with Gasteiger partial charge in [0.2, 0.25) is 17.8 Å². The van der Waals surface area contributed by atoms with Crippen molar-refractivity contribution in [1.82, 2.24) is 15.0 Å². The lowest BCUT2D eigenvalue weighted by molar-refractivity contribution is 0.468. The highest BCUT2D eigenvalue weighted by atomic mass is 79.9. The van der Waals surface area contributed by atoms with E-state index in [0.29, 0.717) is 20.8 Å². The van der Waals surface area contributed by atoms with Gasteiger partial charge in [-0.05, 0) is 73.8 Å². The van der Waals surface area contributed by atoms with Crippen LogP contribution in [0.1, 0.15) is 5.56 Å². The van der Waals surface area contributed by atoms with Gasteiger partial charge in [0.15, 0.2) is 0 Å². The molecule has 0 saturated carbocycles. The third-order valence-corrected chi connectivity index (χ3v) is 5.32. The Hall–Kier alpha value is -3.50. The van der Waals surface area contributed by atoms with Crippen LogP contribution in [0.25, 0.3) is 0 Å². The Kier molecular flexibility index (Phi) is 6.93. The molecule has 1 heterocycles. The van der Waals surface area contributed by atoms with E-state index in [1.54, 1.807) is 18.3 Å². The molecule has 0 aliphatic heterocycles. The van der Waals surface area contributed by atoms with Gasteiger partial charge in [0.05, 0.1) is 15.2 Å². The first kappa shape index (κ1) is 21.7. The molecule has 0 aliphatic carbocycles. The topological polar surface area (TPSA) is 107 Å². The zero-order chi connectivity index (χ0) is 22.3. The van der Waals surface area contributed by atoms with Crippen LogP contribution in [0.5, 0.6) is 5.75 Å². The second-order valence-electron chi connectivity index (χ2n) is 6.49. The van der Waals surface area contributed by atoms with E-state index in [9.17, 15) is 5.11 Å². The third-order valence-electron chi connectivity index (χ3n) is 4.11. The molecule has 8 nitrogen and oxygen atoms in total. The molecule has 3 aromatic carbocycles. The zero-order valence-corrected chi connectivity index (χ0v) is 19.7. The van der Waals surface area contributed by atoms with Crippen molar-refractivity contribution in [3.63, 3.8) is 0 Å². The highest BCUT2D eigenvalue weighted by molar-refractivity contribution is 9.11. The third kappa shape index (κ3) is 5.80. The lowest BCUT2D eigenvalue weighted by atomic mass is 10.2. The highest BCUT2D eigenvalue weighted by Gasteiger charge is 2.08. The number of phenols is 1. The fraction of sp³-hybridized carbons (Fsp3) is 0. The first-order valence-electron chi connectivity index (χ1n) is 9.44. The molecule has 0 aliphatic rings. The van der Waals surface area contributed by atoms with Crippen LogP contribution in [0.15, 0.2) is 86.8 Å². The summed E-state index contributed by atoms with van der Waals surface area (Å²) >= 11 is 6.61. The van der Waals surface area contributed by atoms with Gasteiger partial charge < -0.3 is 15.7 Å². The van der Waals surface area contributed by atoms with E-state index in [-0.39, 0.29) is 11.7 Å². The van der Waals surface area contributed by atoms with Gasteiger partial charge >= 0.3 is 0 Å². The average Bonchev–Trinajstić information content (AvgIpc) is 2.79. The molecule has 0 fully saturated rings. The molecule has 0 unspecified atom stereocenters. The smallest absolute Gasteiger partial charge is 0.250 e. The number of hydrazone groups is 1. The first-order chi connectivity index (χ1) is 15.6. The minimum atomic E-state index is 0.126. The summed E-state index contributed by atoms with van der Waals surface area (Å²) in [6.45, 7) is 0. The number of hydrogen-bond acceptors (Lipinski definition) is 8. The van der Waals surface area contributed by atoms with Gasteiger partial charge in [0.1, 0.15) is 5.75 Å². The number of para-hydroxylation sites is 2. The van der Waals surface area contributed by atoms with Crippen LogP contribution in [0.3, 0.4) is 0 Å². The number of halogens is 2. The Balaban J connectivity index is 1.58. The summed E-state index contributed by atoms with van der Waals surface area (Å²) in [5.41, 5.74) is 5.28. The number of nitrogens with zero attached hydrogens (tertiary/aromatic N) is 4. The molecule has 4 rings (SSSR count). The number of aromatic nitrogens is 3. The van der Waals surface area contributed by atoms with E-state index in [2.05, 4.69) is 68.0 Å². The Morgan fingerprint density at radius 1 is 0.719 bits per heavy atom. The Labute approximate surface area is 201 Å². The standard InChI is InChI=1S/C22H17Br2N7O/c23-17-11-14(12-18(24)19(17)32)13-25-31-22-29-20(26-15-7-3-1-4-8-15)28-21(30-22)27-16-9-5-2-6-10-16/h1-13,32H,(H3,26,27,28,29,30,31)/b25-13-. The van der Waals surface area contributed by atoms with Gasteiger partial charge in [-0.1, -0.05) is 36.4 Å². The lowest BCUT2D eigenvalue weighted by Gasteiger charge is -2.10. The molecule has 0 spiro atoms. The van der Waals surface area contributed by atoms with Crippen molar-refractivity contribution >= 4 is 67.3 Å². The zero-order valence-electron chi connectivity index (χ0n) is 16.5. The Bertz CT molecular complexity index is 1150. The summed E-state index contributed by atoms with van der Waals surface area (Å²) in [6, 6.07) is 22.7. The Morgan fingerprint density at radius 2 is 1.19 bits per heavy atom. The lowest BCUT2D eigenvalue weighted by Crippen LogP contribution is -2.07. The van der Waals surface area contributed by atoms with Gasteiger partial charge in [0.25, 0.3) is 0 Å². The molecule has 0 atom stereocenters. The fourth-order valence-electron chi connectivity index (χ4n) is 2.66. The van der Waals surface area contributed by atoms with E-state index < -0.39 is 0 Å². The molecule has 160 valence electrons. The first-order valence-corrected chi connectivity index (χ1v) is 11.0. The maximum absolute atomic E-state index is 9.84. The van der Waals surface area contributed by atoms with Crippen LogP contribution < -0.4 is 16.1 Å². The summed E-state index contributed by atoms with van der Waals surface area (Å²) in [5, 5.41) is 20.4. The normalized spacial score (nSPS) is 10.8. The molecule has 10 heteroatoms. The van der Waals surface area contributed by atoms with Gasteiger partial charge in [-0.2, -0.15) is 20.1 Å². The SMILES string of the molecule is Oc1c(Br)cc(/C=N\Nc2nc(Nc3ccccc3)nc(Nc3ccccc3)n2)cc1Br. The van der Waals surface area contributed by atoms with Crippen molar-refractivity contribution in [1.29, 1.82) is 0 Å². The van der Waals surface area contributed by atoms with E-state index in [0.717, 1.165) is 16.9 Å². The second-order valence-corrected chi connectivity index (χ2v) is 8.20. The monoisotopic (exact) mass is 553 g/mol. The molecule has 0 bridgehead atoms. The molecular weight excluding hydrogens is 538 g/mol. The Morgan fingerprint density at radius 3 is 1.69 bits per heavy atom. The van der Waals surface area contributed by atoms with Crippen LogP contribution in [-0.2, 0) is 0 Å². The molecule has 4 N–H and O–H groups in total. The number of benzene rings is 3. The van der Waals surface area contributed by atoms with Crippen molar-refractivity contribution in [2.24, 2.45) is 5.10 Å². The predicted molar refractivity (Wildman–Crippen MR) is 134 cm³/mol. The second kappa shape index (κ2) is 10.2. The summed E-state index contributed by atoms with van der Waals surface area (Å²) < 4.78 is 1.11. The van der Waals surface area contributed by atoms with E-state index in [1.807, 2.05) is 60.7 Å². The number of anilines is 5. The molecule has 32 heavy (non-hydrogen) atoms. The molecule has 0 saturated heterocycles. The minimum Gasteiger partial charge on any atom is -0.506 e. The van der Waals surface area contributed by atoms with Crippen LogP contribution in [0, 0.1) is 0 Å². The molecular formula is C22H17Br2N7O. The fourth-order valence-corrected chi connectivity index (χ4v) is 3.88. The van der Waals surface area contributed by atoms with Crippen LogP contribution >= 0.6 is 31.9 Å². The molecule has 1 aromatic heterocycles. The molecule has 4 aromatic rings. The number of nitrogens with one attached hydrogen (secondary N) is 3.